The number of aromatic amines is 1. The van der Waals surface area contributed by atoms with Gasteiger partial charge < -0.3 is 19.5 Å². The van der Waals surface area contributed by atoms with Gasteiger partial charge in [-0.3, -0.25) is 14.4 Å². The standard InChI is InChI=1S/C23H27FN4O4/c1-32-14-21(30)27-11-9-18-17(13-27)23(31)26-22(25-18)19-4-2-3-10-28(19)20(29)12-15-5-7-16(24)8-6-15/h5-8,19H,2-4,9-14H2,1H3,(H,25,26,31). The van der Waals surface area contributed by atoms with Crippen LogP contribution in [-0.2, 0) is 33.7 Å². The predicted molar refractivity (Wildman–Crippen MR) is 114 cm³/mol. The van der Waals surface area contributed by atoms with Gasteiger partial charge in [0, 0.05) is 26.6 Å². The quantitative estimate of drug-likeness (QED) is 0.761. The number of carbonyl (C=O) groups is 2. The van der Waals surface area contributed by atoms with E-state index in [0.717, 1.165) is 24.8 Å². The summed E-state index contributed by atoms with van der Waals surface area (Å²) in [5.74, 6) is -0.0718. The summed E-state index contributed by atoms with van der Waals surface area (Å²) >= 11 is 0. The molecule has 2 amide bonds. The molecule has 1 unspecified atom stereocenters. The molecule has 2 aliphatic heterocycles. The molecule has 4 rings (SSSR count). The van der Waals surface area contributed by atoms with Crippen LogP contribution in [0, 0.1) is 5.82 Å². The molecule has 0 spiro atoms. The number of halogens is 1. The van der Waals surface area contributed by atoms with E-state index in [-0.39, 0.29) is 48.8 Å². The van der Waals surface area contributed by atoms with Gasteiger partial charge in [-0.25, -0.2) is 9.37 Å². The lowest BCUT2D eigenvalue weighted by Crippen LogP contribution is -2.43. The molecule has 1 saturated heterocycles. The van der Waals surface area contributed by atoms with Gasteiger partial charge in [0.05, 0.1) is 30.3 Å². The topological polar surface area (TPSA) is 95.6 Å². The minimum atomic E-state index is -0.338. The summed E-state index contributed by atoms with van der Waals surface area (Å²) in [5.41, 5.74) is 1.65. The van der Waals surface area contributed by atoms with Crippen LogP contribution in [-0.4, -0.2) is 58.4 Å². The lowest BCUT2D eigenvalue weighted by molar-refractivity contribution is -0.136. The fourth-order valence-corrected chi connectivity index (χ4v) is 4.42. The fourth-order valence-electron chi connectivity index (χ4n) is 4.42. The van der Waals surface area contributed by atoms with Crippen molar-refractivity contribution >= 4 is 11.8 Å². The summed E-state index contributed by atoms with van der Waals surface area (Å²) in [4.78, 5) is 49.0. The number of H-pyrrole nitrogens is 1. The molecule has 1 fully saturated rings. The number of nitrogens with zero attached hydrogens (tertiary/aromatic N) is 3. The average molecular weight is 442 g/mol. The highest BCUT2D eigenvalue weighted by Crippen LogP contribution is 2.30. The first-order valence-corrected chi connectivity index (χ1v) is 10.9. The second-order valence-corrected chi connectivity index (χ2v) is 8.28. The van der Waals surface area contributed by atoms with E-state index in [0.29, 0.717) is 36.6 Å². The van der Waals surface area contributed by atoms with E-state index < -0.39 is 0 Å². The third-order valence-electron chi connectivity index (χ3n) is 6.11. The summed E-state index contributed by atoms with van der Waals surface area (Å²) in [6, 6.07) is 5.62. The maximum atomic E-state index is 13.2. The molecule has 9 heteroatoms. The lowest BCUT2D eigenvalue weighted by Gasteiger charge is -2.36. The summed E-state index contributed by atoms with van der Waals surface area (Å²) in [6.07, 6.45) is 3.19. The number of rotatable bonds is 5. The lowest BCUT2D eigenvalue weighted by atomic mass is 9.99. The Hall–Kier alpha value is -3.07. The van der Waals surface area contributed by atoms with Crippen molar-refractivity contribution in [2.75, 3.05) is 26.8 Å². The molecule has 2 aliphatic rings. The Morgan fingerprint density at radius 3 is 2.72 bits per heavy atom. The van der Waals surface area contributed by atoms with Crippen LogP contribution in [0.3, 0.4) is 0 Å². The SMILES string of the molecule is COCC(=O)N1CCc2nc(C3CCCCN3C(=O)Cc3ccc(F)cc3)[nH]c(=O)c2C1. The summed E-state index contributed by atoms with van der Waals surface area (Å²) < 4.78 is 18.1. The van der Waals surface area contributed by atoms with Crippen molar-refractivity contribution in [3.8, 4) is 0 Å². The average Bonchev–Trinajstić information content (AvgIpc) is 2.80. The van der Waals surface area contributed by atoms with Crippen LogP contribution in [0.15, 0.2) is 29.1 Å². The highest BCUT2D eigenvalue weighted by Gasteiger charge is 2.32. The third-order valence-corrected chi connectivity index (χ3v) is 6.11. The highest BCUT2D eigenvalue weighted by atomic mass is 19.1. The number of aromatic nitrogens is 2. The smallest absolute Gasteiger partial charge is 0.256 e. The van der Waals surface area contributed by atoms with Crippen LogP contribution in [0.2, 0.25) is 0 Å². The van der Waals surface area contributed by atoms with Crippen LogP contribution < -0.4 is 5.56 Å². The van der Waals surface area contributed by atoms with Crippen molar-refractivity contribution in [2.24, 2.45) is 0 Å². The Kier molecular flexibility index (Phi) is 6.64. The number of likely N-dealkylation sites (tertiary alicyclic amines) is 1. The maximum absolute atomic E-state index is 13.2. The van der Waals surface area contributed by atoms with Crippen molar-refractivity contribution in [2.45, 2.75) is 44.7 Å². The van der Waals surface area contributed by atoms with Gasteiger partial charge in [0.2, 0.25) is 11.8 Å². The van der Waals surface area contributed by atoms with E-state index in [4.69, 9.17) is 9.72 Å². The van der Waals surface area contributed by atoms with Crippen molar-refractivity contribution in [3.05, 3.63) is 63.1 Å². The molecular weight excluding hydrogens is 415 g/mol. The van der Waals surface area contributed by atoms with E-state index in [1.165, 1.54) is 19.2 Å². The second-order valence-electron chi connectivity index (χ2n) is 8.28. The Bertz CT molecular complexity index is 1050. The van der Waals surface area contributed by atoms with E-state index in [9.17, 15) is 18.8 Å². The zero-order valence-corrected chi connectivity index (χ0v) is 18.1. The van der Waals surface area contributed by atoms with Crippen molar-refractivity contribution in [1.82, 2.24) is 19.8 Å². The molecule has 170 valence electrons. The summed E-state index contributed by atoms with van der Waals surface area (Å²) in [5, 5.41) is 0. The minimum Gasteiger partial charge on any atom is -0.375 e. The molecular formula is C23H27FN4O4. The Labute approximate surface area is 185 Å². The number of methoxy groups -OCH3 is 1. The van der Waals surface area contributed by atoms with Gasteiger partial charge in [0.1, 0.15) is 18.2 Å². The van der Waals surface area contributed by atoms with Gasteiger partial charge in [-0.2, -0.15) is 0 Å². The molecule has 0 radical (unpaired) electrons. The number of piperidine rings is 1. The predicted octanol–water partition coefficient (Wildman–Crippen LogP) is 1.74. The Morgan fingerprint density at radius 2 is 1.97 bits per heavy atom. The molecule has 32 heavy (non-hydrogen) atoms. The first-order valence-electron chi connectivity index (χ1n) is 10.9. The largest absolute Gasteiger partial charge is 0.375 e. The minimum absolute atomic E-state index is 0.0219. The molecule has 0 saturated carbocycles. The third kappa shape index (κ3) is 4.72. The fraction of sp³-hybridized carbons (Fsp3) is 0.478. The van der Waals surface area contributed by atoms with E-state index in [1.54, 1.807) is 21.9 Å². The molecule has 3 heterocycles. The highest BCUT2D eigenvalue weighted by molar-refractivity contribution is 5.79. The van der Waals surface area contributed by atoms with Crippen LogP contribution in [0.5, 0.6) is 0 Å². The molecule has 1 N–H and O–H groups in total. The normalized spacial score (nSPS) is 18.4. The first kappa shape index (κ1) is 22.1. The number of ether oxygens (including phenoxy) is 1. The Balaban J connectivity index is 1.54. The van der Waals surface area contributed by atoms with Gasteiger partial charge in [-0.1, -0.05) is 12.1 Å². The molecule has 8 nitrogen and oxygen atoms in total. The van der Waals surface area contributed by atoms with Gasteiger partial charge in [0.25, 0.3) is 5.56 Å². The molecule has 2 aromatic rings. The van der Waals surface area contributed by atoms with E-state index in [1.807, 2.05) is 0 Å². The van der Waals surface area contributed by atoms with Crippen LogP contribution in [0.25, 0.3) is 0 Å². The van der Waals surface area contributed by atoms with Gasteiger partial charge in [-0.15, -0.1) is 0 Å². The number of fused-ring (bicyclic) bond motifs is 1. The number of hydrogen-bond donors (Lipinski definition) is 1. The van der Waals surface area contributed by atoms with Crippen LogP contribution in [0.4, 0.5) is 4.39 Å². The number of hydrogen-bond acceptors (Lipinski definition) is 5. The molecule has 1 aromatic carbocycles. The van der Waals surface area contributed by atoms with Crippen molar-refractivity contribution < 1.29 is 18.7 Å². The van der Waals surface area contributed by atoms with Gasteiger partial charge >= 0.3 is 0 Å². The number of amides is 2. The zero-order valence-electron chi connectivity index (χ0n) is 18.1. The van der Waals surface area contributed by atoms with Gasteiger partial charge in [0.15, 0.2) is 0 Å². The number of benzene rings is 1. The monoisotopic (exact) mass is 442 g/mol. The molecule has 0 bridgehead atoms. The van der Waals surface area contributed by atoms with Crippen LogP contribution >= 0.6 is 0 Å². The van der Waals surface area contributed by atoms with E-state index in [2.05, 4.69) is 4.98 Å². The van der Waals surface area contributed by atoms with Gasteiger partial charge in [-0.05, 0) is 37.0 Å². The molecule has 1 aromatic heterocycles. The summed E-state index contributed by atoms with van der Waals surface area (Å²) in [6.45, 7) is 1.25. The van der Waals surface area contributed by atoms with Crippen LogP contribution in [0.1, 0.15) is 47.9 Å². The Morgan fingerprint density at radius 1 is 1.19 bits per heavy atom. The number of carbonyl (C=O) groups excluding carboxylic acids is 2. The van der Waals surface area contributed by atoms with E-state index >= 15 is 0 Å². The van der Waals surface area contributed by atoms with Crippen molar-refractivity contribution in [1.29, 1.82) is 0 Å². The summed E-state index contributed by atoms with van der Waals surface area (Å²) in [7, 11) is 1.46. The number of nitrogens with one attached hydrogen (secondary N) is 1. The zero-order chi connectivity index (χ0) is 22.7. The maximum Gasteiger partial charge on any atom is 0.256 e. The molecule has 1 atom stereocenters. The molecule has 0 aliphatic carbocycles. The van der Waals surface area contributed by atoms with Crippen molar-refractivity contribution in [3.63, 3.8) is 0 Å². The second kappa shape index (κ2) is 9.60. The first-order chi connectivity index (χ1) is 15.5.